The molecule has 18 heavy (non-hydrogen) atoms. The van der Waals surface area contributed by atoms with Crippen LogP contribution >= 0.6 is 7.95 Å². The Balaban J connectivity index is 2.72. The van der Waals surface area contributed by atoms with E-state index >= 15 is 0 Å². The third-order valence-corrected chi connectivity index (χ3v) is 2.93. The van der Waals surface area contributed by atoms with Crippen molar-refractivity contribution in [2.24, 2.45) is 0 Å². The minimum atomic E-state index is -1.59. The maximum Gasteiger partial charge on any atom is 0.429 e. The minimum absolute atomic E-state index is 0.174. The summed E-state index contributed by atoms with van der Waals surface area (Å²) in [5, 5.41) is 2.77. The molecule has 1 aromatic rings. The zero-order valence-corrected chi connectivity index (χ0v) is 11.8. The third-order valence-electron chi connectivity index (χ3n) is 2.26. The lowest BCUT2D eigenvalue weighted by molar-refractivity contribution is -0.149. The van der Waals surface area contributed by atoms with Crippen LogP contribution < -0.4 is 5.09 Å². The van der Waals surface area contributed by atoms with Crippen molar-refractivity contribution < 1.29 is 14.1 Å². The van der Waals surface area contributed by atoms with Gasteiger partial charge in [0.1, 0.15) is 0 Å². The Morgan fingerprint density at radius 1 is 1.33 bits per heavy atom. The number of carbonyl (C=O) groups excluding carboxylic acids is 1. The van der Waals surface area contributed by atoms with Crippen molar-refractivity contribution in [3.8, 4) is 0 Å². The fourth-order valence-corrected chi connectivity index (χ4v) is 2.20. The van der Waals surface area contributed by atoms with Crippen LogP contribution in [0.1, 0.15) is 19.4 Å². The third kappa shape index (κ3) is 5.39. The van der Waals surface area contributed by atoms with Crippen molar-refractivity contribution in [3.63, 3.8) is 0 Å². The first-order valence-electron chi connectivity index (χ1n) is 5.90. The quantitative estimate of drug-likeness (QED) is 0.636. The fraction of sp³-hybridized carbons (Fsp3) is 0.462. The van der Waals surface area contributed by atoms with Crippen molar-refractivity contribution in [1.29, 1.82) is 0 Å². The standard InChI is InChI=1S/C13H19NO3P/c1-10(2)17-13(15)12(14-18(3)16)9-11-7-5-4-6-8-11/h4-8,10,12H,9H2,1-3H3,(H,14,16)/q+1/t12-/m0/s1. The summed E-state index contributed by atoms with van der Waals surface area (Å²) in [6.45, 7) is 5.13. The van der Waals surface area contributed by atoms with E-state index in [4.69, 9.17) is 4.74 Å². The van der Waals surface area contributed by atoms with Gasteiger partial charge in [0, 0.05) is 6.42 Å². The Hall–Kier alpha value is -1.25. The number of hydrogen-bond donors (Lipinski definition) is 1. The average molecular weight is 268 g/mol. The van der Waals surface area contributed by atoms with E-state index in [2.05, 4.69) is 5.09 Å². The van der Waals surface area contributed by atoms with Crippen LogP contribution in [0.5, 0.6) is 0 Å². The van der Waals surface area contributed by atoms with Gasteiger partial charge in [-0.1, -0.05) is 40.0 Å². The Kier molecular flexibility index (Phi) is 5.96. The van der Waals surface area contributed by atoms with Crippen molar-refractivity contribution >= 4 is 13.9 Å². The maximum atomic E-state index is 11.9. The van der Waals surface area contributed by atoms with Gasteiger partial charge in [-0.25, -0.2) is 0 Å². The summed E-state index contributed by atoms with van der Waals surface area (Å²) >= 11 is 0. The van der Waals surface area contributed by atoms with E-state index in [1.165, 1.54) is 6.66 Å². The molecule has 0 amide bonds. The predicted molar refractivity (Wildman–Crippen MR) is 71.8 cm³/mol. The zero-order valence-electron chi connectivity index (χ0n) is 10.9. The Bertz CT molecular complexity index is 406. The normalized spacial score (nSPS) is 13.2. The largest absolute Gasteiger partial charge is 0.462 e. The Labute approximate surface area is 109 Å². The molecule has 0 saturated heterocycles. The molecule has 0 heterocycles. The second-order valence-electron chi connectivity index (χ2n) is 4.35. The summed E-state index contributed by atoms with van der Waals surface area (Å²) in [6, 6.07) is 9.03. The zero-order chi connectivity index (χ0) is 13.5. The molecule has 0 radical (unpaired) electrons. The molecule has 0 spiro atoms. The molecule has 5 heteroatoms. The van der Waals surface area contributed by atoms with Gasteiger partial charge in [-0.2, -0.15) is 0 Å². The van der Waals surface area contributed by atoms with Gasteiger partial charge in [0.05, 0.1) is 6.10 Å². The van der Waals surface area contributed by atoms with Crippen LogP contribution in [0.2, 0.25) is 0 Å². The molecule has 98 valence electrons. The lowest BCUT2D eigenvalue weighted by atomic mass is 10.1. The predicted octanol–water partition coefficient (Wildman–Crippen LogP) is 2.51. The van der Waals surface area contributed by atoms with Crippen molar-refractivity contribution in [2.75, 3.05) is 6.66 Å². The Morgan fingerprint density at radius 3 is 2.44 bits per heavy atom. The first kappa shape index (κ1) is 14.8. The highest BCUT2D eigenvalue weighted by Gasteiger charge is 2.27. The highest BCUT2D eigenvalue weighted by Crippen LogP contribution is 2.13. The van der Waals surface area contributed by atoms with Crippen LogP contribution in [0.3, 0.4) is 0 Å². The van der Waals surface area contributed by atoms with Crippen LogP contribution in [0.4, 0.5) is 0 Å². The summed E-state index contributed by atoms with van der Waals surface area (Å²) < 4.78 is 16.4. The molecule has 1 rings (SSSR count). The second kappa shape index (κ2) is 7.24. The number of esters is 1. The SMILES string of the molecule is CC(C)OC(=O)[C@H](Cc1ccccc1)N[P+](C)=O. The van der Waals surface area contributed by atoms with Crippen molar-refractivity contribution in [2.45, 2.75) is 32.4 Å². The number of ether oxygens (including phenoxy) is 1. The van der Waals surface area contributed by atoms with E-state index < -0.39 is 14.0 Å². The molecule has 0 aliphatic heterocycles. The number of nitrogens with one attached hydrogen (secondary N) is 1. The van der Waals surface area contributed by atoms with Gasteiger partial charge < -0.3 is 4.74 Å². The monoisotopic (exact) mass is 268 g/mol. The Morgan fingerprint density at radius 2 is 1.94 bits per heavy atom. The molecule has 1 N–H and O–H groups in total. The van der Waals surface area contributed by atoms with Gasteiger partial charge in [-0.15, -0.1) is 0 Å². The molecule has 0 fully saturated rings. The summed E-state index contributed by atoms with van der Waals surface area (Å²) in [6.07, 6.45) is 0.300. The van der Waals surface area contributed by atoms with E-state index in [1.807, 2.05) is 30.3 Å². The van der Waals surface area contributed by atoms with Crippen LogP contribution in [-0.4, -0.2) is 24.8 Å². The topological polar surface area (TPSA) is 55.4 Å². The van der Waals surface area contributed by atoms with Crippen LogP contribution in [0.25, 0.3) is 0 Å². The summed E-state index contributed by atoms with van der Waals surface area (Å²) in [5.74, 6) is -0.362. The summed E-state index contributed by atoms with van der Waals surface area (Å²) in [5.41, 5.74) is 1.01. The van der Waals surface area contributed by atoms with E-state index in [0.29, 0.717) is 6.42 Å². The molecule has 2 atom stereocenters. The highest BCUT2D eigenvalue weighted by atomic mass is 31.1. The van der Waals surface area contributed by atoms with Gasteiger partial charge in [0.25, 0.3) is 0 Å². The number of hydrogen-bond acceptors (Lipinski definition) is 3. The second-order valence-corrected chi connectivity index (χ2v) is 5.61. The average Bonchev–Trinajstić information content (AvgIpc) is 2.28. The van der Waals surface area contributed by atoms with Gasteiger partial charge in [-0.3, -0.25) is 4.79 Å². The molecule has 0 aliphatic carbocycles. The van der Waals surface area contributed by atoms with Gasteiger partial charge >= 0.3 is 13.9 Å². The van der Waals surface area contributed by atoms with E-state index in [-0.39, 0.29) is 12.1 Å². The lowest BCUT2D eigenvalue weighted by Gasteiger charge is -2.14. The lowest BCUT2D eigenvalue weighted by Crippen LogP contribution is -2.37. The van der Waals surface area contributed by atoms with Crippen molar-refractivity contribution in [1.82, 2.24) is 5.09 Å². The number of rotatable bonds is 6. The molecule has 4 nitrogen and oxygen atoms in total. The first-order chi connectivity index (χ1) is 8.49. The molecular formula is C13H19NO3P+. The number of benzene rings is 1. The minimum Gasteiger partial charge on any atom is -0.462 e. The molecule has 0 saturated carbocycles. The molecule has 1 aromatic carbocycles. The first-order valence-corrected chi connectivity index (χ1v) is 7.61. The molecule has 0 aliphatic rings. The van der Waals surface area contributed by atoms with Crippen LogP contribution in [-0.2, 0) is 20.5 Å². The molecule has 0 aromatic heterocycles. The van der Waals surface area contributed by atoms with Gasteiger partial charge in [0.15, 0.2) is 12.7 Å². The number of carbonyl (C=O) groups is 1. The van der Waals surface area contributed by atoms with Gasteiger partial charge in [-0.05, 0) is 19.4 Å². The smallest absolute Gasteiger partial charge is 0.429 e. The van der Waals surface area contributed by atoms with Crippen molar-refractivity contribution in [3.05, 3.63) is 35.9 Å². The van der Waals surface area contributed by atoms with E-state index in [9.17, 15) is 9.36 Å². The molecule has 0 bridgehead atoms. The maximum absolute atomic E-state index is 11.9. The van der Waals surface area contributed by atoms with Crippen LogP contribution in [0.15, 0.2) is 30.3 Å². The fourth-order valence-electron chi connectivity index (χ4n) is 1.57. The molecule has 1 unspecified atom stereocenters. The van der Waals surface area contributed by atoms with Gasteiger partial charge in [0.2, 0.25) is 0 Å². The van der Waals surface area contributed by atoms with E-state index in [1.54, 1.807) is 13.8 Å². The summed E-state index contributed by atoms with van der Waals surface area (Å²) in [4.78, 5) is 11.9. The highest BCUT2D eigenvalue weighted by molar-refractivity contribution is 7.41. The molecular weight excluding hydrogens is 249 g/mol. The van der Waals surface area contributed by atoms with Crippen LogP contribution in [0, 0.1) is 0 Å². The summed E-state index contributed by atoms with van der Waals surface area (Å²) in [7, 11) is -1.59. The van der Waals surface area contributed by atoms with E-state index in [0.717, 1.165) is 5.56 Å².